The molecular weight excluding hydrogens is 637 g/mol. The Kier molecular flexibility index (Phi) is 9.72. The molecule has 1 aromatic heterocycles. The van der Waals surface area contributed by atoms with Gasteiger partial charge in [0.25, 0.3) is 5.56 Å². The number of terminal acetylenes is 1. The van der Waals surface area contributed by atoms with Crippen molar-refractivity contribution in [3.05, 3.63) is 97.8 Å². The van der Waals surface area contributed by atoms with E-state index in [-0.39, 0.29) is 35.8 Å². The maximum absolute atomic E-state index is 14.0. The molecule has 0 radical (unpaired) electrons. The summed E-state index contributed by atoms with van der Waals surface area (Å²) in [6, 6.07) is 8.25. The van der Waals surface area contributed by atoms with Gasteiger partial charge < -0.3 is 14.4 Å². The molecule has 0 unspecified atom stereocenters. The third-order valence-electron chi connectivity index (χ3n) is 6.73. The molecule has 0 bridgehead atoms. The molecule has 0 aliphatic carbocycles. The van der Waals surface area contributed by atoms with E-state index in [4.69, 9.17) is 22.8 Å². The number of rotatable bonds is 8. The lowest BCUT2D eigenvalue weighted by Crippen LogP contribution is -2.30. The minimum absolute atomic E-state index is 0.0296. The van der Waals surface area contributed by atoms with Gasteiger partial charge in [0.2, 0.25) is 34.8 Å². The molecule has 0 fully saturated rings. The molecule has 0 N–H and O–H groups in total. The van der Waals surface area contributed by atoms with Crippen LogP contribution in [0, 0.1) is 53.8 Å². The molecule has 46 heavy (non-hydrogen) atoms. The Morgan fingerprint density at radius 2 is 1.59 bits per heavy atom. The Balaban J connectivity index is 1.60. The molecule has 14 heteroatoms. The highest BCUT2D eigenvalue weighted by Crippen LogP contribution is 2.30. The molecular formula is C32H25ClF5N3O5. The maximum atomic E-state index is 14.0. The van der Waals surface area contributed by atoms with Crippen molar-refractivity contribution in [2.45, 2.75) is 41.0 Å². The average molecular weight is 662 g/mol. The highest BCUT2D eigenvalue weighted by atomic mass is 35.5. The van der Waals surface area contributed by atoms with Gasteiger partial charge in [0.1, 0.15) is 5.82 Å². The number of anilines is 1. The Labute approximate surface area is 264 Å². The van der Waals surface area contributed by atoms with Gasteiger partial charge in [-0.2, -0.15) is 8.78 Å². The number of nitrogens with zero attached hydrogens (tertiary/aromatic N) is 3. The highest BCUT2D eigenvalue weighted by molar-refractivity contribution is 6.32. The van der Waals surface area contributed by atoms with E-state index in [0.29, 0.717) is 22.6 Å². The molecule has 0 saturated heterocycles. The molecule has 0 aliphatic heterocycles. The zero-order valence-corrected chi connectivity index (χ0v) is 25.6. The van der Waals surface area contributed by atoms with Crippen molar-refractivity contribution in [2.24, 2.45) is 5.41 Å². The van der Waals surface area contributed by atoms with E-state index < -0.39 is 57.7 Å². The van der Waals surface area contributed by atoms with Crippen LogP contribution in [0.25, 0.3) is 10.9 Å². The monoisotopic (exact) mass is 661 g/mol. The zero-order chi connectivity index (χ0) is 34.1. The number of hydrogen-bond donors (Lipinski definition) is 0. The van der Waals surface area contributed by atoms with E-state index >= 15 is 0 Å². The standard InChI is InChI=1S/C32H25ClF5N3O5/c1-6-11-40(19-9-7-17(8-10-19)30(43)46-28-26(37)24(35)23(34)25(36)27(28)38)14-18-12-20-22(13-21(18)33)39-16(2)41(29(20)42)15-45-31(44)32(3,4)5/h1,7-10,12-13H,11,14-15H2,2-5H3. The molecule has 0 amide bonds. The fourth-order valence-corrected chi connectivity index (χ4v) is 4.42. The Morgan fingerprint density at radius 3 is 2.15 bits per heavy atom. The van der Waals surface area contributed by atoms with Crippen molar-refractivity contribution >= 4 is 40.1 Å². The second-order valence-corrected chi connectivity index (χ2v) is 11.5. The fraction of sp³-hybridized carbons (Fsp3) is 0.250. The summed E-state index contributed by atoms with van der Waals surface area (Å²) in [5.74, 6) is -12.3. The lowest BCUT2D eigenvalue weighted by atomic mass is 9.98. The van der Waals surface area contributed by atoms with Crippen LogP contribution in [-0.4, -0.2) is 28.0 Å². The van der Waals surface area contributed by atoms with Crippen LogP contribution in [0.1, 0.15) is 42.5 Å². The summed E-state index contributed by atoms with van der Waals surface area (Å²) in [6.45, 7) is 6.38. The van der Waals surface area contributed by atoms with Crippen molar-refractivity contribution in [2.75, 3.05) is 11.4 Å². The number of hydrogen-bond acceptors (Lipinski definition) is 7. The lowest BCUT2D eigenvalue weighted by Gasteiger charge is -2.24. The van der Waals surface area contributed by atoms with Crippen LogP contribution in [0.4, 0.5) is 27.6 Å². The average Bonchev–Trinajstić information content (AvgIpc) is 3.00. The summed E-state index contributed by atoms with van der Waals surface area (Å²) in [6.07, 6.45) is 5.56. The predicted octanol–water partition coefficient (Wildman–Crippen LogP) is 6.46. The Morgan fingerprint density at radius 1 is 1.00 bits per heavy atom. The molecule has 0 atom stereocenters. The van der Waals surface area contributed by atoms with Gasteiger partial charge in [0.05, 0.1) is 28.4 Å². The van der Waals surface area contributed by atoms with Crippen molar-refractivity contribution in [3.8, 4) is 18.1 Å². The molecule has 4 aromatic rings. The molecule has 1 heterocycles. The van der Waals surface area contributed by atoms with Crippen LogP contribution in [-0.2, 0) is 22.8 Å². The lowest BCUT2D eigenvalue weighted by molar-refractivity contribution is -0.157. The van der Waals surface area contributed by atoms with Crippen LogP contribution in [0.5, 0.6) is 5.75 Å². The molecule has 0 aliphatic rings. The normalized spacial score (nSPS) is 11.3. The van der Waals surface area contributed by atoms with Gasteiger partial charge >= 0.3 is 11.9 Å². The number of fused-ring (bicyclic) bond motifs is 1. The van der Waals surface area contributed by atoms with Crippen LogP contribution in [0.15, 0.2) is 41.2 Å². The van der Waals surface area contributed by atoms with Gasteiger partial charge in [-0.25, -0.2) is 22.9 Å². The first kappa shape index (κ1) is 33.9. The van der Waals surface area contributed by atoms with E-state index in [1.807, 2.05) is 0 Å². The predicted molar refractivity (Wildman–Crippen MR) is 159 cm³/mol. The summed E-state index contributed by atoms with van der Waals surface area (Å²) in [7, 11) is 0. The summed E-state index contributed by atoms with van der Waals surface area (Å²) < 4.78 is 79.3. The van der Waals surface area contributed by atoms with Crippen LogP contribution < -0.4 is 15.2 Å². The molecule has 3 aromatic carbocycles. The first-order chi connectivity index (χ1) is 21.5. The minimum Gasteiger partial charge on any atom is -0.443 e. The van der Waals surface area contributed by atoms with Gasteiger partial charge in [-0.15, -0.1) is 6.42 Å². The van der Waals surface area contributed by atoms with E-state index in [2.05, 4.69) is 15.6 Å². The number of carbonyl (C=O) groups excluding carboxylic acids is 2. The summed E-state index contributed by atoms with van der Waals surface area (Å²) in [5, 5.41) is 0.462. The number of benzene rings is 3. The second-order valence-electron chi connectivity index (χ2n) is 11.1. The Bertz CT molecular complexity index is 1940. The minimum atomic E-state index is -2.39. The molecule has 4 rings (SSSR count). The Hall–Kier alpha value is -4.96. The van der Waals surface area contributed by atoms with Crippen molar-refractivity contribution in [1.82, 2.24) is 9.55 Å². The third kappa shape index (κ3) is 6.82. The first-order valence-corrected chi connectivity index (χ1v) is 13.8. The van der Waals surface area contributed by atoms with Crippen molar-refractivity contribution in [1.29, 1.82) is 0 Å². The molecule has 8 nitrogen and oxygen atoms in total. The van der Waals surface area contributed by atoms with Gasteiger partial charge in [0, 0.05) is 17.3 Å². The summed E-state index contributed by atoms with van der Waals surface area (Å²) in [5.41, 5.74) is -0.294. The van der Waals surface area contributed by atoms with Crippen molar-refractivity contribution < 1.29 is 41.0 Å². The smallest absolute Gasteiger partial charge is 0.343 e. The van der Waals surface area contributed by atoms with E-state index in [0.717, 1.165) is 0 Å². The number of halogens is 6. The topological polar surface area (TPSA) is 90.7 Å². The van der Waals surface area contributed by atoms with Crippen LogP contribution in [0.3, 0.4) is 0 Å². The number of aromatic nitrogens is 2. The molecule has 0 saturated carbocycles. The maximum Gasteiger partial charge on any atom is 0.343 e. The second kappa shape index (κ2) is 13.2. The van der Waals surface area contributed by atoms with Gasteiger partial charge in [0.15, 0.2) is 6.73 Å². The van der Waals surface area contributed by atoms with Gasteiger partial charge in [-0.05, 0) is 69.7 Å². The van der Waals surface area contributed by atoms with Crippen LogP contribution in [0.2, 0.25) is 5.02 Å². The fourth-order valence-electron chi connectivity index (χ4n) is 4.20. The molecule has 0 spiro atoms. The van der Waals surface area contributed by atoms with Gasteiger partial charge in [-0.3, -0.25) is 14.2 Å². The SMILES string of the molecule is C#CCN(Cc1cc2c(=O)n(COC(=O)C(C)(C)C)c(C)nc2cc1Cl)c1ccc(C(=O)Oc2c(F)c(F)c(F)c(F)c2F)cc1. The van der Waals surface area contributed by atoms with Crippen molar-refractivity contribution in [3.63, 3.8) is 0 Å². The van der Waals surface area contributed by atoms with Crippen LogP contribution >= 0.6 is 11.6 Å². The molecule has 240 valence electrons. The zero-order valence-electron chi connectivity index (χ0n) is 24.8. The largest absolute Gasteiger partial charge is 0.443 e. The third-order valence-corrected chi connectivity index (χ3v) is 7.08. The summed E-state index contributed by atoms with van der Waals surface area (Å²) >= 11 is 6.54. The highest BCUT2D eigenvalue weighted by Gasteiger charge is 2.29. The quantitative estimate of drug-likeness (QED) is 0.0535. The van der Waals surface area contributed by atoms with Gasteiger partial charge in [-0.1, -0.05) is 17.5 Å². The summed E-state index contributed by atoms with van der Waals surface area (Å²) in [4.78, 5) is 44.2. The first-order valence-electron chi connectivity index (χ1n) is 13.4. The number of aryl methyl sites for hydroxylation is 1. The number of esters is 2. The van der Waals surface area contributed by atoms with E-state index in [1.54, 1.807) is 32.6 Å². The number of carbonyl (C=O) groups is 2. The van der Waals surface area contributed by atoms with E-state index in [1.165, 1.54) is 41.0 Å². The number of ether oxygens (including phenoxy) is 2. The van der Waals surface area contributed by atoms with E-state index in [9.17, 15) is 36.3 Å².